The molecule has 0 N–H and O–H groups in total. The number of hydrogen-bond acceptors (Lipinski definition) is 2. The molecule has 4 aromatic carbocycles. The van der Waals surface area contributed by atoms with Crippen LogP contribution < -0.4 is 4.90 Å². The molecule has 5 rings (SSSR count). The fourth-order valence-electron chi connectivity index (χ4n) is 3.83. The van der Waals surface area contributed by atoms with Crippen LogP contribution in [0.2, 0.25) is 0 Å². The normalized spacial score (nSPS) is 11.1. The van der Waals surface area contributed by atoms with Crippen molar-refractivity contribution < 1.29 is 9.21 Å². The van der Waals surface area contributed by atoms with Gasteiger partial charge >= 0.3 is 0 Å². The lowest BCUT2D eigenvalue weighted by molar-refractivity contribution is -0.115. The number of fused-ring (bicyclic) bond motifs is 3. The summed E-state index contributed by atoms with van der Waals surface area (Å²) in [7, 11) is 0. The first kappa shape index (κ1) is 17.3. The van der Waals surface area contributed by atoms with Crippen LogP contribution in [0.15, 0.2) is 101 Å². The van der Waals surface area contributed by atoms with Gasteiger partial charge in [0.25, 0.3) is 0 Å². The van der Waals surface area contributed by atoms with E-state index in [1.54, 1.807) is 11.8 Å². The minimum Gasteiger partial charge on any atom is -0.454 e. The molecule has 1 heterocycles. The monoisotopic (exact) mass is 377 g/mol. The standard InChI is InChI=1S/C26H19NO2/c1-18(28)27(21-16-14-20(15-17-21)19-8-3-2-4-9-19)24-12-7-11-23-22-10-5-6-13-25(22)29-26(23)24/h2-17H,1H3. The lowest BCUT2D eigenvalue weighted by Gasteiger charge is -2.22. The third-order valence-electron chi connectivity index (χ3n) is 5.17. The quantitative estimate of drug-likeness (QED) is 0.341. The SMILES string of the molecule is CC(=O)N(c1ccc(-c2ccccc2)cc1)c1cccc2c1oc1ccccc12. The highest BCUT2D eigenvalue weighted by Gasteiger charge is 2.20. The zero-order valence-electron chi connectivity index (χ0n) is 16.0. The fourth-order valence-corrected chi connectivity index (χ4v) is 3.83. The number of para-hydroxylation sites is 2. The number of anilines is 2. The van der Waals surface area contributed by atoms with Crippen molar-refractivity contribution in [3.8, 4) is 11.1 Å². The predicted octanol–water partition coefficient (Wildman–Crippen LogP) is 6.94. The molecular formula is C26H19NO2. The molecule has 3 nitrogen and oxygen atoms in total. The summed E-state index contributed by atoms with van der Waals surface area (Å²) < 4.78 is 6.14. The Kier molecular flexibility index (Phi) is 4.14. The smallest absolute Gasteiger partial charge is 0.228 e. The lowest BCUT2D eigenvalue weighted by atomic mass is 10.0. The van der Waals surface area contributed by atoms with Crippen molar-refractivity contribution in [2.75, 3.05) is 4.90 Å². The zero-order valence-corrected chi connectivity index (χ0v) is 16.0. The highest BCUT2D eigenvalue weighted by Crippen LogP contribution is 2.38. The Bertz CT molecular complexity index is 1320. The molecule has 0 aliphatic heterocycles. The van der Waals surface area contributed by atoms with Crippen molar-refractivity contribution >= 4 is 39.2 Å². The molecule has 0 atom stereocenters. The summed E-state index contributed by atoms with van der Waals surface area (Å²) in [6, 6.07) is 32.1. The minimum atomic E-state index is -0.0644. The van der Waals surface area contributed by atoms with Gasteiger partial charge in [0.05, 0.1) is 5.69 Å². The van der Waals surface area contributed by atoms with E-state index in [0.29, 0.717) is 0 Å². The Labute approximate surface area is 168 Å². The second-order valence-electron chi connectivity index (χ2n) is 7.02. The largest absolute Gasteiger partial charge is 0.454 e. The molecule has 0 saturated carbocycles. The highest BCUT2D eigenvalue weighted by molar-refractivity contribution is 6.13. The van der Waals surface area contributed by atoms with E-state index in [1.165, 1.54) is 0 Å². The molecule has 0 spiro atoms. The van der Waals surface area contributed by atoms with Crippen molar-refractivity contribution in [1.29, 1.82) is 0 Å². The molecule has 0 saturated heterocycles. The molecular weight excluding hydrogens is 358 g/mol. The Morgan fingerprint density at radius 2 is 1.34 bits per heavy atom. The highest BCUT2D eigenvalue weighted by atomic mass is 16.3. The van der Waals surface area contributed by atoms with E-state index >= 15 is 0 Å². The van der Waals surface area contributed by atoms with Crippen molar-refractivity contribution in [3.63, 3.8) is 0 Å². The van der Waals surface area contributed by atoms with E-state index in [1.807, 2.05) is 84.9 Å². The van der Waals surface area contributed by atoms with Gasteiger partial charge in [-0.15, -0.1) is 0 Å². The molecule has 0 unspecified atom stereocenters. The molecule has 29 heavy (non-hydrogen) atoms. The average Bonchev–Trinajstić information content (AvgIpc) is 3.14. The van der Waals surface area contributed by atoms with Gasteiger partial charge in [-0.3, -0.25) is 9.69 Å². The summed E-state index contributed by atoms with van der Waals surface area (Å²) >= 11 is 0. The topological polar surface area (TPSA) is 33.5 Å². The number of furan rings is 1. The second kappa shape index (κ2) is 6.95. The number of carbonyl (C=O) groups is 1. The maximum Gasteiger partial charge on any atom is 0.228 e. The number of amides is 1. The number of rotatable bonds is 3. The van der Waals surface area contributed by atoms with Crippen molar-refractivity contribution in [3.05, 3.63) is 97.1 Å². The third kappa shape index (κ3) is 2.97. The molecule has 140 valence electrons. The summed E-state index contributed by atoms with van der Waals surface area (Å²) in [5.41, 5.74) is 5.35. The van der Waals surface area contributed by atoms with Gasteiger partial charge in [0.15, 0.2) is 5.58 Å². The summed E-state index contributed by atoms with van der Waals surface area (Å²) in [5, 5.41) is 2.05. The van der Waals surface area contributed by atoms with Gasteiger partial charge in [-0.1, -0.05) is 72.8 Å². The van der Waals surface area contributed by atoms with E-state index in [2.05, 4.69) is 12.1 Å². The maximum atomic E-state index is 12.6. The van der Waals surface area contributed by atoms with E-state index in [9.17, 15) is 4.79 Å². The fraction of sp³-hybridized carbons (Fsp3) is 0.0385. The second-order valence-corrected chi connectivity index (χ2v) is 7.02. The van der Waals surface area contributed by atoms with Crippen molar-refractivity contribution in [2.45, 2.75) is 6.92 Å². The Hall–Kier alpha value is -3.85. The Balaban J connectivity index is 1.64. The molecule has 5 aromatic rings. The van der Waals surface area contributed by atoms with Gasteiger partial charge in [0, 0.05) is 23.4 Å². The Morgan fingerprint density at radius 1 is 0.690 bits per heavy atom. The molecule has 0 aliphatic rings. The van der Waals surface area contributed by atoms with E-state index in [4.69, 9.17) is 4.42 Å². The van der Waals surface area contributed by atoms with Crippen molar-refractivity contribution in [1.82, 2.24) is 0 Å². The molecule has 0 radical (unpaired) electrons. The van der Waals surface area contributed by atoms with Gasteiger partial charge in [0.1, 0.15) is 5.58 Å². The molecule has 1 amide bonds. The van der Waals surface area contributed by atoms with E-state index in [0.717, 1.165) is 44.4 Å². The van der Waals surface area contributed by atoms with Crippen LogP contribution in [0.5, 0.6) is 0 Å². The molecule has 0 aliphatic carbocycles. The van der Waals surface area contributed by atoms with Crippen LogP contribution in [0.25, 0.3) is 33.1 Å². The van der Waals surface area contributed by atoms with E-state index in [-0.39, 0.29) is 5.91 Å². The van der Waals surface area contributed by atoms with Crippen LogP contribution in [0.4, 0.5) is 11.4 Å². The van der Waals surface area contributed by atoms with Crippen LogP contribution in [0.3, 0.4) is 0 Å². The first-order valence-corrected chi connectivity index (χ1v) is 9.59. The maximum absolute atomic E-state index is 12.6. The third-order valence-corrected chi connectivity index (χ3v) is 5.17. The van der Waals surface area contributed by atoms with Crippen LogP contribution in [0.1, 0.15) is 6.92 Å². The van der Waals surface area contributed by atoms with Crippen LogP contribution in [-0.2, 0) is 4.79 Å². The first-order valence-electron chi connectivity index (χ1n) is 9.59. The van der Waals surface area contributed by atoms with Gasteiger partial charge < -0.3 is 4.42 Å². The lowest BCUT2D eigenvalue weighted by Crippen LogP contribution is -2.22. The average molecular weight is 377 g/mol. The van der Waals surface area contributed by atoms with Crippen LogP contribution in [-0.4, -0.2) is 5.91 Å². The molecule has 3 heteroatoms. The molecule has 0 fully saturated rings. The summed E-state index contributed by atoms with van der Waals surface area (Å²) in [5.74, 6) is -0.0644. The van der Waals surface area contributed by atoms with Crippen LogP contribution >= 0.6 is 0 Å². The van der Waals surface area contributed by atoms with Crippen molar-refractivity contribution in [2.24, 2.45) is 0 Å². The zero-order chi connectivity index (χ0) is 19.8. The number of hydrogen-bond donors (Lipinski definition) is 0. The van der Waals surface area contributed by atoms with Gasteiger partial charge in [-0.05, 0) is 35.4 Å². The summed E-state index contributed by atoms with van der Waals surface area (Å²) in [6.45, 7) is 1.58. The number of benzene rings is 4. The van der Waals surface area contributed by atoms with E-state index < -0.39 is 0 Å². The first-order chi connectivity index (χ1) is 14.2. The number of nitrogens with zero attached hydrogens (tertiary/aromatic N) is 1. The molecule has 1 aromatic heterocycles. The number of carbonyl (C=O) groups excluding carboxylic acids is 1. The summed E-state index contributed by atoms with van der Waals surface area (Å²) in [6.07, 6.45) is 0. The van der Waals surface area contributed by atoms with Gasteiger partial charge in [0.2, 0.25) is 5.91 Å². The van der Waals surface area contributed by atoms with Crippen LogP contribution in [0, 0.1) is 0 Å². The predicted molar refractivity (Wildman–Crippen MR) is 118 cm³/mol. The van der Waals surface area contributed by atoms with Gasteiger partial charge in [-0.2, -0.15) is 0 Å². The molecule has 0 bridgehead atoms. The van der Waals surface area contributed by atoms with Gasteiger partial charge in [-0.25, -0.2) is 0 Å². The minimum absolute atomic E-state index is 0.0644. The Morgan fingerprint density at radius 3 is 2.10 bits per heavy atom. The summed E-state index contributed by atoms with van der Waals surface area (Å²) in [4.78, 5) is 14.4.